The Bertz CT molecular complexity index is 1020. The van der Waals surface area contributed by atoms with Crippen molar-refractivity contribution in [2.45, 2.75) is 6.92 Å². The molecule has 0 amide bonds. The van der Waals surface area contributed by atoms with Crippen LogP contribution < -0.4 is 4.74 Å². The lowest BCUT2D eigenvalue weighted by molar-refractivity contribution is 0.100. The summed E-state index contributed by atoms with van der Waals surface area (Å²) < 4.78 is 4.99. The van der Waals surface area contributed by atoms with Crippen LogP contribution in [0.4, 0.5) is 0 Å². The minimum absolute atomic E-state index is 0.0166. The number of rotatable bonds is 6. The second-order valence-electron chi connectivity index (χ2n) is 5.59. The van der Waals surface area contributed by atoms with Gasteiger partial charge in [-0.1, -0.05) is 11.6 Å². The summed E-state index contributed by atoms with van der Waals surface area (Å²) in [6.45, 7) is 1.75. The first kappa shape index (κ1) is 19.0. The maximum absolute atomic E-state index is 12.5. The van der Waals surface area contributed by atoms with Crippen LogP contribution >= 0.6 is 22.9 Å². The van der Waals surface area contributed by atoms with Crippen molar-refractivity contribution in [3.8, 4) is 22.2 Å². The number of hydrogen-bond donors (Lipinski definition) is 1. The summed E-state index contributed by atoms with van der Waals surface area (Å²) in [7, 11) is 1.48. The lowest BCUT2D eigenvalue weighted by Crippen LogP contribution is -2.03. The van der Waals surface area contributed by atoms with E-state index in [1.165, 1.54) is 30.7 Å². The van der Waals surface area contributed by atoms with Gasteiger partial charge in [-0.05, 0) is 42.8 Å². The topological polar surface area (TPSA) is 84.7 Å². The van der Waals surface area contributed by atoms with E-state index in [1.807, 2.05) is 0 Å². The molecule has 0 saturated carbocycles. The number of benzene rings is 1. The highest BCUT2D eigenvalue weighted by Crippen LogP contribution is 2.31. The Hall–Kier alpha value is -2.77. The van der Waals surface area contributed by atoms with Crippen LogP contribution in [0.3, 0.4) is 0 Å². The summed E-state index contributed by atoms with van der Waals surface area (Å²) in [4.78, 5) is 25.8. The Labute approximate surface area is 165 Å². The van der Waals surface area contributed by atoms with Gasteiger partial charge < -0.3 is 9.84 Å². The van der Waals surface area contributed by atoms with Gasteiger partial charge in [-0.3, -0.25) is 14.8 Å². The summed E-state index contributed by atoms with van der Waals surface area (Å²) in [6.07, 6.45) is 3.16. The Balaban J connectivity index is 1.73. The van der Waals surface area contributed by atoms with Gasteiger partial charge in [-0.15, -0.1) is 11.3 Å². The molecule has 0 aliphatic carbocycles. The quantitative estimate of drug-likeness (QED) is 0.494. The number of phenols is 1. The van der Waals surface area contributed by atoms with Crippen LogP contribution in [0.2, 0.25) is 5.02 Å². The van der Waals surface area contributed by atoms with Crippen molar-refractivity contribution in [2.24, 2.45) is 4.99 Å². The molecular weight excluding hydrogens is 386 g/mol. The van der Waals surface area contributed by atoms with Gasteiger partial charge >= 0.3 is 0 Å². The molecule has 0 spiro atoms. The van der Waals surface area contributed by atoms with Crippen LogP contribution in [-0.4, -0.2) is 40.7 Å². The number of thiazole rings is 1. The molecule has 138 valence electrons. The summed E-state index contributed by atoms with van der Waals surface area (Å²) >= 11 is 7.40. The molecule has 6 nitrogen and oxygen atoms in total. The van der Waals surface area contributed by atoms with Crippen LogP contribution in [0.25, 0.3) is 10.7 Å². The molecule has 0 atom stereocenters. The van der Waals surface area contributed by atoms with E-state index in [1.54, 1.807) is 37.4 Å². The zero-order valence-electron chi connectivity index (χ0n) is 14.6. The number of aromatic hydroxyl groups is 1. The van der Waals surface area contributed by atoms with Crippen LogP contribution in [0, 0.1) is 6.92 Å². The molecule has 0 aliphatic heterocycles. The fraction of sp³-hybridized carbons (Fsp3) is 0.158. The Kier molecular flexibility index (Phi) is 5.83. The van der Waals surface area contributed by atoms with Crippen molar-refractivity contribution in [3.05, 3.63) is 57.7 Å². The maximum Gasteiger partial charge on any atom is 0.196 e. The Morgan fingerprint density at radius 1 is 1.41 bits per heavy atom. The van der Waals surface area contributed by atoms with Crippen molar-refractivity contribution >= 4 is 34.9 Å². The molecule has 1 aromatic carbocycles. The highest BCUT2D eigenvalue weighted by molar-refractivity contribution is 7.17. The fourth-order valence-corrected chi connectivity index (χ4v) is 3.67. The summed E-state index contributed by atoms with van der Waals surface area (Å²) in [5.41, 5.74) is 1.85. The van der Waals surface area contributed by atoms with Crippen molar-refractivity contribution < 1.29 is 14.6 Å². The molecule has 3 aromatic rings. The van der Waals surface area contributed by atoms with Gasteiger partial charge in [0.25, 0.3) is 0 Å². The second-order valence-corrected chi connectivity index (χ2v) is 7.00. The van der Waals surface area contributed by atoms with Crippen LogP contribution in [-0.2, 0) is 0 Å². The van der Waals surface area contributed by atoms with Crippen LogP contribution in [0.15, 0.2) is 41.5 Å². The monoisotopic (exact) mass is 401 g/mol. The van der Waals surface area contributed by atoms with E-state index < -0.39 is 0 Å². The summed E-state index contributed by atoms with van der Waals surface area (Å²) in [6, 6.07) is 8.37. The number of hydrogen-bond acceptors (Lipinski definition) is 7. The standard InChI is InChI=1S/C19H16ClN3O3S/c1-11-18(27-19(23-11)17-13(20)4-3-7-22-17)15(25)10-21-9-12-5-6-16(26-2)14(24)8-12/h3-9,24H,10H2,1-2H3. The molecule has 0 aliphatic rings. The van der Waals surface area contributed by atoms with Crippen LogP contribution in [0.1, 0.15) is 20.9 Å². The van der Waals surface area contributed by atoms with E-state index in [0.29, 0.717) is 37.6 Å². The van der Waals surface area contributed by atoms with Gasteiger partial charge in [0.15, 0.2) is 17.3 Å². The lowest BCUT2D eigenvalue weighted by atomic mass is 10.2. The van der Waals surface area contributed by atoms with E-state index in [9.17, 15) is 9.90 Å². The number of pyridine rings is 1. The number of aliphatic imine (C=N–C) groups is 1. The Morgan fingerprint density at radius 3 is 2.93 bits per heavy atom. The van der Waals surface area contributed by atoms with E-state index in [0.717, 1.165) is 0 Å². The number of halogens is 1. The van der Waals surface area contributed by atoms with Gasteiger partial charge in [-0.2, -0.15) is 0 Å². The lowest BCUT2D eigenvalue weighted by Gasteiger charge is -2.02. The molecule has 0 bridgehead atoms. The van der Waals surface area contributed by atoms with Gasteiger partial charge in [0, 0.05) is 12.4 Å². The highest BCUT2D eigenvalue weighted by atomic mass is 35.5. The summed E-state index contributed by atoms with van der Waals surface area (Å²) in [5, 5.41) is 10.9. The second kappa shape index (κ2) is 8.28. The van der Waals surface area contributed by atoms with E-state index in [2.05, 4.69) is 15.0 Å². The zero-order valence-corrected chi connectivity index (χ0v) is 16.2. The molecule has 27 heavy (non-hydrogen) atoms. The molecule has 3 rings (SSSR count). The molecule has 2 heterocycles. The number of nitrogens with zero attached hydrogens (tertiary/aromatic N) is 3. The van der Waals surface area contributed by atoms with Crippen molar-refractivity contribution in [3.63, 3.8) is 0 Å². The first-order valence-electron chi connectivity index (χ1n) is 7.98. The molecule has 8 heteroatoms. The minimum atomic E-state index is -0.141. The smallest absolute Gasteiger partial charge is 0.196 e. The largest absolute Gasteiger partial charge is 0.504 e. The van der Waals surface area contributed by atoms with Gasteiger partial charge in [0.05, 0.1) is 22.7 Å². The first-order valence-corrected chi connectivity index (χ1v) is 9.17. The Morgan fingerprint density at radius 2 is 2.22 bits per heavy atom. The third kappa shape index (κ3) is 4.32. The number of ketones is 1. The average Bonchev–Trinajstić information content (AvgIpc) is 3.04. The van der Waals surface area contributed by atoms with Crippen molar-refractivity contribution in [1.82, 2.24) is 9.97 Å². The minimum Gasteiger partial charge on any atom is -0.504 e. The molecule has 1 N–H and O–H groups in total. The van der Waals surface area contributed by atoms with Crippen LogP contribution in [0.5, 0.6) is 11.5 Å². The molecule has 0 unspecified atom stereocenters. The molecule has 0 saturated heterocycles. The normalized spacial score (nSPS) is 11.1. The predicted molar refractivity (Wildman–Crippen MR) is 107 cm³/mol. The SMILES string of the molecule is COc1ccc(C=NCC(=O)c2sc(-c3ncccc3Cl)nc2C)cc1O. The highest BCUT2D eigenvalue weighted by Gasteiger charge is 2.17. The number of aromatic nitrogens is 2. The maximum atomic E-state index is 12.5. The first-order chi connectivity index (χ1) is 13.0. The third-order valence-electron chi connectivity index (χ3n) is 3.69. The number of phenolic OH excluding ortho intramolecular Hbond substituents is 1. The number of ether oxygens (including phenoxy) is 1. The fourth-order valence-electron chi connectivity index (χ4n) is 2.39. The van der Waals surface area contributed by atoms with Gasteiger partial charge in [0.1, 0.15) is 17.2 Å². The van der Waals surface area contributed by atoms with E-state index in [-0.39, 0.29) is 18.1 Å². The van der Waals surface area contributed by atoms with Gasteiger partial charge in [-0.25, -0.2) is 4.98 Å². The molecular formula is C19H16ClN3O3S. The number of carbonyl (C=O) groups is 1. The van der Waals surface area contributed by atoms with E-state index in [4.69, 9.17) is 16.3 Å². The molecule has 0 radical (unpaired) electrons. The van der Waals surface area contributed by atoms with Gasteiger partial charge in [0.2, 0.25) is 0 Å². The van der Waals surface area contributed by atoms with Crippen molar-refractivity contribution in [1.29, 1.82) is 0 Å². The number of methoxy groups -OCH3 is 1. The zero-order chi connectivity index (χ0) is 19.4. The number of Topliss-reactive ketones (excluding diaryl/α,β-unsaturated/α-hetero) is 1. The number of carbonyl (C=O) groups excluding carboxylic acids is 1. The van der Waals surface area contributed by atoms with E-state index >= 15 is 0 Å². The summed E-state index contributed by atoms with van der Waals surface area (Å²) in [5.74, 6) is 0.254. The van der Waals surface area contributed by atoms with Crippen molar-refractivity contribution in [2.75, 3.05) is 13.7 Å². The third-order valence-corrected chi connectivity index (χ3v) is 5.20. The molecule has 2 aromatic heterocycles. The average molecular weight is 402 g/mol. The predicted octanol–water partition coefficient (Wildman–Crippen LogP) is 4.18. The molecule has 0 fully saturated rings. The number of aryl methyl sites for hydroxylation is 1.